The summed E-state index contributed by atoms with van der Waals surface area (Å²) >= 11 is 0. The fourth-order valence-electron chi connectivity index (χ4n) is 0.783. The Labute approximate surface area is 55.1 Å². The summed E-state index contributed by atoms with van der Waals surface area (Å²) in [5.41, 5.74) is 1.23. The average Bonchev–Trinajstić information content (AvgIpc) is 2.18. The van der Waals surface area contributed by atoms with Crippen LogP contribution in [0.1, 0.15) is 5.69 Å². The standard InChI is InChI=1S/C7H11NO/c1-7-4-3-5-8(7)6-9-2/h3-5H,6H2,1-2H3. The van der Waals surface area contributed by atoms with Gasteiger partial charge in [-0.3, -0.25) is 0 Å². The molecule has 0 fully saturated rings. The summed E-state index contributed by atoms with van der Waals surface area (Å²) in [7, 11) is 1.69. The minimum Gasteiger partial charge on any atom is -0.364 e. The second-order valence-electron chi connectivity index (χ2n) is 2.04. The molecule has 1 heterocycles. The van der Waals surface area contributed by atoms with Crippen molar-refractivity contribution in [2.75, 3.05) is 7.11 Å². The van der Waals surface area contributed by atoms with Crippen LogP contribution in [0.2, 0.25) is 0 Å². The smallest absolute Gasteiger partial charge is 0.122 e. The van der Waals surface area contributed by atoms with E-state index in [9.17, 15) is 0 Å². The first-order valence-corrected chi connectivity index (χ1v) is 2.95. The quantitative estimate of drug-likeness (QED) is 0.582. The molecule has 0 N–H and O–H groups in total. The van der Waals surface area contributed by atoms with Gasteiger partial charge in [-0.25, -0.2) is 0 Å². The van der Waals surface area contributed by atoms with E-state index in [1.807, 2.05) is 16.8 Å². The summed E-state index contributed by atoms with van der Waals surface area (Å²) in [5.74, 6) is 0. The van der Waals surface area contributed by atoms with E-state index in [1.165, 1.54) is 5.69 Å². The molecule has 1 aromatic heterocycles. The number of aryl methyl sites for hydroxylation is 1. The lowest BCUT2D eigenvalue weighted by molar-refractivity contribution is 0.130. The summed E-state index contributed by atoms with van der Waals surface area (Å²) in [4.78, 5) is 0. The van der Waals surface area contributed by atoms with E-state index in [1.54, 1.807) is 7.11 Å². The molecule has 0 spiro atoms. The summed E-state index contributed by atoms with van der Waals surface area (Å²) < 4.78 is 6.97. The Morgan fingerprint density at radius 1 is 1.67 bits per heavy atom. The van der Waals surface area contributed by atoms with Crippen molar-refractivity contribution in [3.8, 4) is 0 Å². The molecule has 0 amide bonds. The molecule has 0 aromatic carbocycles. The van der Waals surface area contributed by atoms with Crippen LogP contribution in [-0.2, 0) is 11.5 Å². The first kappa shape index (κ1) is 6.36. The second-order valence-corrected chi connectivity index (χ2v) is 2.04. The fourth-order valence-corrected chi connectivity index (χ4v) is 0.783. The predicted molar refractivity (Wildman–Crippen MR) is 36.2 cm³/mol. The predicted octanol–water partition coefficient (Wildman–Crippen LogP) is 1.40. The average molecular weight is 125 g/mol. The Morgan fingerprint density at radius 3 is 2.89 bits per heavy atom. The number of hydrogen-bond acceptors (Lipinski definition) is 1. The molecule has 0 aliphatic heterocycles. The van der Waals surface area contributed by atoms with Gasteiger partial charge < -0.3 is 9.30 Å². The highest BCUT2D eigenvalue weighted by Crippen LogP contribution is 1.98. The first-order valence-electron chi connectivity index (χ1n) is 2.95. The number of methoxy groups -OCH3 is 1. The van der Waals surface area contributed by atoms with Crippen LogP contribution in [0.25, 0.3) is 0 Å². The number of rotatable bonds is 2. The van der Waals surface area contributed by atoms with E-state index in [0.29, 0.717) is 6.73 Å². The van der Waals surface area contributed by atoms with Crippen molar-refractivity contribution in [2.24, 2.45) is 0 Å². The van der Waals surface area contributed by atoms with Gasteiger partial charge in [-0.05, 0) is 19.1 Å². The number of ether oxygens (including phenoxy) is 1. The topological polar surface area (TPSA) is 14.2 Å². The van der Waals surface area contributed by atoms with E-state index >= 15 is 0 Å². The van der Waals surface area contributed by atoms with E-state index in [-0.39, 0.29) is 0 Å². The van der Waals surface area contributed by atoms with Gasteiger partial charge in [-0.15, -0.1) is 0 Å². The molecular weight excluding hydrogens is 114 g/mol. The van der Waals surface area contributed by atoms with Crippen LogP contribution in [0.3, 0.4) is 0 Å². The molecule has 0 saturated carbocycles. The molecule has 0 aliphatic carbocycles. The Morgan fingerprint density at radius 2 is 2.44 bits per heavy atom. The second kappa shape index (κ2) is 2.69. The first-order chi connectivity index (χ1) is 4.34. The molecule has 0 unspecified atom stereocenters. The minimum absolute atomic E-state index is 0.652. The van der Waals surface area contributed by atoms with Crippen LogP contribution >= 0.6 is 0 Å². The molecule has 2 heteroatoms. The molecular formula is C7H11NO. The van der Waals surface area contributed by atoms with Crippen LogP contribution < -0.4 is 0 Å². The van der Waals surface area contributed by atoms with Crippen molar-refractivity contribution in [1.29, 1.82) is 0 Å². The molecule has 1 rings (SSSR count). The van der Waals surface area contributed by atoms with Crippen LogP contribution in [-0.4, -0.2) is 11.7 Å². The fraction of sp³-hybridized carbons (Fsp3) is 0.429. The maximum atomic E-state index is 4.93. The monoisotopic (exact) mass is 125 g/mol. The van der Waals surface area contributed by atoms with Crippen LogP contribution in [0.5, 0.6) is 0 Å². The van der Waals surface area contributed by atoms with Gasteiger partial charge in [-0.2, -0.15) is 0 Å². The van der Waals surface area contributed by atoms with Crippen molar-refractivity contribution in [2.45, 2.75) is 13.7 Å². The van der Waals surface area contributed by atoms with Gasteiger partial charge in [0.1, 0.15) is 6.73 Å². The number of hydrogen-bond donors (Lipinski definition) is 0. The van der Waals surface area contributed by atoms with Gasteiger partial charge in [0.15, 0.2) is 0 Å². The van der Waals surface area contributed by atoms with E-state index in [2.05, 4.69) is 13.0 Å². The van der Waals surface area contributed by atoms with E-state index in [4.69, 9.17) is 4.74 Å². The molecule has 0 radical (unpaired) electrons. The summed E-state index contributed by atoms with van der Waals surface area (Å²) in [6.45, 7) is 2.71. The van der Waals surface area contributed by atoms with E-state index < -0.39 is 0 Å². The van der Waals surface area contributed by atoms with Gasteiger partial charge in [0, 0.05) is 19.0 Å². The highest BCUT2D eigenvalue weighted by atomic mass is 16.5. The van der Waals surface area contributed by atoms with Crippen molar-refractivity contribution >= 4 is 0 Å². The molecule has 0 bridgehead atoms. The van der Waals surface area contributed by atoms with E-state index in [0.717, 1.165) is 0 Å². The molecule has 50 valence electrons. The molecule has 0 saturated heterocycles. The largest absolute Gasteiger partial charge is 0.364 e. The Bertz CT molecular complexity index is 181. The van der Waals surface area contributed by atoms with Gasteiger partial charge in [0.05, 0.1) is 0 Å². The zero-order chi connectivity index (χ0) is 6.69. The summed E-state index contributed by atoms with van der Waals surface area (Å²) in [5, 5.41) is 0. The highest BCUT2D eigenvalue weighted by molar-refractivity contribution is 5.03. The molecule has 2 nitrogen and oxygen atoms in total. The normalized spacial score (nSPS) is 10.0. The van der Waals surface area contributed by atoms with Gasteiger partial charge in [0.2, 0.25) is 0 Å². The van der Waals surface area contributed by atoms with Gasteiger partial charge in [0.25, 0.3) is 0 Å². The zero-order valence-electron chi connectivity index (χ0n) is 5.79. The van der Waals surface area contributed by atoms with Crippen molar-refractivity contribution in [3.05, 3.63) is 24.0 Å². The third-order valence-electron chi connectivity index (χ3n) is 1.32. The van der Waals surface area contributed by atoms with Crippen LogP contribution in [0.4, 0.5) is 0 Å². The molecule has 9 heavy (non-hydrogen) atoms. The SMILES string of the molecule is COCn1cccc1C. The summed E-state index contributed by atoms with van der Waals surface area (Å²) in [6, 6.07) is 4.06. The molecule has 0 atom stereocenters. The Balaban J connectivity index is 2.69. The number of nitrogens with zero attached hydrogens (tertiary/aromatic N) is 1. The van der Waals surface area contributed by atoms with Crippen molar-refractivity contribution in [3.63, 3.8) is 0 Å². The van der Waals surface area contributed by atoms with Crippen molar-refractivity contribution in [1.82, 2.24) is 4.57 Å². The maximum absolute atomic E-state index is 4.93. The third-order valence-corrected chi connectivity index (χ3v) is 1.32. The maximum Gasteiger partial charge on any atom is 0.122 e. The molecule has 1 aromatic rings. The third kappa shape index (κ3) is 1.33. The van der Waals surface area contributed by atoms with Gasteiger partial charge in [-0.1, -0.05) is 0 Å². The molecule has 0 aliphatic rings. The van der Waals surface area contributed by atoms with Crippen LogP contribution in [0, 0.1) is 6.92 Å². The zero-order valence-corrected chi connectivity index (χ0v) is 5.79. The highest BCUT2D eigenvalue weighted by Gasteiger charge is 1.90. The summed E-state index contributed by atoms with van der Waals surface area (Å²) in [6.07, 6.45) is 2.00. The van der Waals surface area contributed by atoms with Gasteiger partial charge >= 0.3 is 0 Å². The lowest BCUT2D eigenvalue weighted by Crippen LogP contribution is -1.98. The minimum atomic E-state index is 0.652. The number of aromatic nitrogens is 1. The Kier molecular flexibility index (Phi) is 1.90. The van der Waals surface area contributed by atoms with Crippen LogP contribution in [0.15, 0.2) is 18.3 Å². The Hall–Kier alpha value is -0.760. The lowest BCUT2D eigenvalue weighted by atomic mass is 10.5. The van der Waals surface area contributed by atoms with Crippen molar-refractivity contribution < 1.29 is 4.74 Å². The lowest BCUT2D eigenvalue weighted by Gasteiger charge is -2.01.